The van der Waals surface area contributed by atoms with Gasteiger partial charge in [-0.05, 0) is 51.7 Å². The zero-order chi connectivity index (χ0) is 12.4. The second-order valence-corrected chi connectivity index (χ2v) is 5.66. The summed E-state index contributed by atoms with van der Waals surface area (Å²) >= 11 is 0. The highest BCUT2D eigenvalue weighted by atomic mass is 16.5. The summed E-state index contributed by atoms with van der Waals surface area (Å²) in [6.07, 6.45) is 3.60. The molecular formula is C13H24N2O2. The number of hydrogen-bond donors (Lipinski definition) is 0. The molecule has 2 rings (SSSR count). The molecule has 1 heterocycles. The molecule has 1 saturated carbocycles. The van der Waals surface area contributed by atoms with Crippen LogP contribution in [0.15, 0.2) is 0 Å². The molecule has 1 saturated heterocycles. The number of carbonyl (C=O) groups is 1. The van der Waals surface area contributed by atoms with E-state index < -0.39 is 0 Å². The van der Waals surface area contributed by atoms with E-state index in [0.717, 1.165) is 13.1 Å². The molecule has 98 valence electrons. The maximum Gasteiger partial charge on any atom is 0.323 e. The molecule has 0 bridgehead atoms. The van der Waals surface area contributed by atoms with Gasteiger partial charge in [-0.3, -0.25) is 9.69 Å². The number of methoxy groups -OCH3 is 1. The molecule has 4 nitrogen and oxygen atoms in total. The van der Waals surface area contributed by atoms with Gasteiger partial charge in [0.05, 0.1) is 7.11 Å². The maximum atomic E-state index is 11.8. The molecule has 2 atom stereocenters. The Labute approximate surface area is 104 Å². The molecule has 1 aliphatic heterocycles. The number of nitrogens with zero attached hydrogens (tertiary/aromatic N) is 2. The number of likely N-dealkylation sites (N-methyl/N-ethyl adjacent to an activating group) is 1. The van der Waals surface area contributed by atoms with Crippen LogP contribution >= 0.6 is 0 Å². The lowest BCUT2D eigenvalue weighted by Gasteiger charge is -2.28. The van der Waals surface area contributed by atoms with Crippen molar-refractivity contribution in [1.82, 2.24) is 9.80 Å². The molecule has 0 aromatic rings. The molecule has 0 N–H and O–H groups in total. The molecule has 0 amide bonds. The summed E-state index contributed by atoms with van der Waals surface area (Å²) in [5, 5.41) is 0. The SMILES string of the molecule is COC(=O)C(C1CC1)N(C)CC1CCN(C)C1. The van der Waals surface area contributed by atoms with E-state index in [1.807, 2.05) is 0 Å². The van der Waals surface area contributed by atoms with Crippen LogP contribution in [0.3, 0.4) is 0 Å². The zero-order valence-corrected chi connectivity index (χ0v) is 11.2. The van der Waals surface area contributed by atoms with Crippen LogP contribution in [0.2, 0.25) is 0 Å². The van der Waals surface area contributed by atoms with E-state index in [1.165, 1.54) is 32.9 Å². The van der Waals surface area contributed by atoms with E-state index in [2.05, 4.69) is 23.9 Å². The average molecular weight is 240 g/mol. The van der Waals surface area contributed by atoms with Gasteiger partial charge in [-0.1, -0.05) is 0 Å². The van der Waals surface area contributed by atoms with Gasteiger partial charge in [-0.25, -0.2) is 0 Å². The third-order valence-corrected chi connectivity index (χ3v) is 4.02. The highest BCUT2D eigenvalue weighted by molar-refractivity contribution is 5.76. The Morgan fingerprint density at radius 1 is 1.47 bits per heavy atom. The highest BCUT2D eigenvalue weighted by Crippen LogP contribution is 2.36. The fourth-order valence-corrected chi connectivity index (χ4v) is 2.96. The summed E-state index contributed by atoms with van der Waals surface area (Å²) in [7, 11) is 5.73. The molecule has 4 heteroatoms. The van der Waals surface area contributed by atoms with Crippen molar-refractivity contribution in [2.45, 2.75) is 25.3 Å². The van der Waals surface area contributed by atoms with Crippen LogP contribution in [0.5, 0.6) is 0 Å². The van der Waals surface area contributed by atoms with Crippen LogP contribution in [0.1, 0.15) is 19.3 Å². The Bertz CT molecular complexity index is 279. The molecule has 0 spiro atoms. The third-order valence-electron chi connectivity index (χ3n) is 4.02. The zero-order valence-electron chi connectivity index (χ0n) is 11.2. The van der Waals surface area contributed by atoms with Crippen LogP contribution in [0, 0.1) is 11.8 Å². The minimum atomic E-state index is -0.0543. The van der Waals surface area contributed by atoms with Gasteiger partial charge in [-0.2, -0.15) is 0 Å². The summed E-state index contributed by atoms with van der Waals surface area (Å²) < 4.78 is 4.93. The fourth-order valence-electron chi connectivity index (χ4n) is 2.96. The maximum absolute atomic E-state index is 11.8. The summed E-state index contributed by atoms with van der Waals surface area (Å²) in [4.78, 5) is 16.4. The van der Waals surface area contributed by atoms with Crippen molar-refractivity contribution in [3.05, 3.63) is 0 Å². The summed E-state index contributed by atoms with van der Waals surface area (Å²) in [5.74, 6) is 1.18. The second kappa shape index (κ2) is 5.36. The van der Waals surface area contributed by atoms with Gasteiger partial charge >= 0.3 is 5.97 Å². The molecule has 0 aromatic heterocycles. The van der Waals surface area contributed by atoms with Gasteiger partial charge in [0.2, 0.25) is 0 Å². The van der Waals surface area contributed by atoms with Crippen LogP contribution < -0.4 is 0 Å². The van der Waals surface area contributed by atoms with Gasteiger partial charge in [-0.15, -0.1) is 0 Å². The van der Waals surface area contributed by atoms with E-state index >= 15 is 0 Å². The summed E-state index contributed by atoms with van der Waals surface area (Å²) in [6, 6.07) is -0.00842. The van der Waals surface area contributed by atoms with Gasteiger partial charge in [0.15, 0.2) is 0 Å². The molecule has 2 fully saturated rings. The molecule has 2 unspecified atom stereocenters. The normalized spacial score (nSPS) is 27.4. The fraction of sp³-hybridized carbons (Fsp3) is 0.923. The predicted molar refractivity (Wildman–Crippen MR) is 66.8 cm³/mol. The van der Waals surface area contributed by atoms with Crippen LogP contribution in [-0.2, 0) is 9.53 Å². The highest BCUT2D eigenvalue weighted by Gasteiger charge is 2.40. The minimum Gasteiger partial charge on any atom is -0.468 e. The lowest BCUT2D eigenvalue weighted by molar-refractivity contribution is -0.147. The van der Waals surface area contributed by atoms with E-state index in [9.17, 15) is 4.79 Å². The molecule has 1 aliphatic carbocycles. The molecular weight excluding hydrogens is 216 g/mol. The van der Waals surface area contributed by atoms with E-state index in [-0.39, 0.29) is 12.0 Å². The first kappa shape index (κ1) is 12.8. The molecule has 0 aromatic carbocycles. The van der Waals surface area contributed by atoms with Gasteiger partial charge in [0.25, 0.3) is 0 Å². The Morgan fingerprint density at radius 3 is 2.65 bits per heavy atom. The first-order valence-corrected chi connectivity index (χ1v) is 6.58. The number of esters is 1. The summed E-state index contributed by atoms with van der Waals surface area (Å²) in [5.41, 5.74) is 0. The monoisotopic (exact) mass is 240 g/mol. The van der Waals surface area contributed by atoms with Gasteiger partial charge in [0.1, 0.15) is 6.04 Å². The Kier molecular flexibility index (Phi) is 4.05. The first-order chi connectivity index (χ1) is 8.11. The van der Waals surface area contributed by atoms with Crippen molar-refractivity contribution in [3.8, 4) is 0 Å². The van der Waals surface area contributed by atoms with Crippen molar-refractivity contribution in [1.29, 1.82) is 0 Å². The number of hydrogen-bond acceptors (Lipinski definition) is 4. The second-order valence-electron chi connectivity index (χ2n) is 5.66. The van der Waals surface area contributed by atoms with E-state index in [4.69, 9.17) is 4.74 Å². The van der Waals surface area contributed by atoms with Gasteiger partial charge < -0.3 is 9.64 Å². The topological polar surface area (TPSA) is 32.8 Å². The number of likely N-dealkylation sites (tertiary alicyclic amines) is 1. The van der Waals surface area contributed by atoms with Crippen molar-refractivity contribution >= 4 is 5.97 Å². The van der Waals surface area contributed by atoms with Crippen molar-refractivity contribution in [3.63, 3.8) is 0 Å². The Hall–Kier alpha value is -0.610. The lowest BCUT2D eigenvalue weighted by Crippen LogP contribution is -2.43. The van der Waals surface area contributed by atoms with Crippen LogP contribution in [-0.4, -0.2) is 62.7 Å². The number of carbonyl (C=O) groups excluding carboxylic acids is 1. The Morgan fingerprint density at radius 2 is 2.18 bits per heavy atom. The number of rotatable bonds is 5. The molecule has 2 aliphatic rings. The first-order valence-electron chi connectivity index (χ1n) is 6.58. The third kappa shape index (κ3) is 3.19. The number of ether oxygens (including phenoxy) is 1. The summed E-state index contributed by atoms with van der Waals surface area (Å²) in [6.45, 7) is 3.36. The predicted octanol–water partition coefficient (Wildman–Crippen LogP) is 0.821. The lowest BCUT2D eigenvalue weighted by atomic mass is 10.1. The van der Waals surface area contributed by atoms with E-state index in [1.54, 1.807) is 0 Å². The van der Waals surface area contributed by atoms with Gasteiger partial charge in [0, 0.05) is 13.1 Å². The molecule has 0 radical (unpaired) electrons. The van der Waals surface area contributed by atoms with Crippen molar-refractivity contribution in [2.75, 3.05) is 40.8 Å². The smallest absolute Gasteiger partial charge is 0.323 e. The Balaban J connectivity index is 1.87. The van der Waals surface area contributed by atoms with Crippen LogP contribution in [0.4, 0.5) is 0 Å². The quantitative estimate of drug-likeness (QED) is 0.666. The minimum absolute atomic E-state index is 0.00842. The van der Waals surface area contributed by atoms with E-state index in [0.29, 0.717) is 11.8 Å². The largest absolute Gasteiger partial charge is 0.468 e. The van der Waals surface area contributed by atoms with Crippen molar-refractivity contribution in [2.24, 2.45) is 11.8 Å². The standard InChI is InChI=1S/C13H24N2O2/c1-14-7-6-10(8-14)9-15(2)12(11-4-5-11)13(16)17-3/h10-12H,4-9H2,1-3H3. The van der Waals surface area contributed by atoms with Crippen LogP contribution in [0.25, 0.3) is 0 Å². The average Bonchev–Trinajstić information content (AvgIpc) is 3.03. The molecule has 17 heavy (non-hydrogen) atoms. The van der Waals surface area contributed by atoms with Crippen molar-refractivity contribution < 1.29 is 9.53 Å².